The molecule has 10 heteroatoms. The Morgan fingerprint density at radius 1 is 1.29 bits per heavy atom. The largest absolute Gasteiger partial charge is 0.494 e. The van der Waals surface area contributed by atoms with Crippen LogP contribution in [-0.2, 0) is 11.3 Å². The van der Waals surface area contributed by atoms with Crippen molar-refractivity contribution in [3.8, 4) is 16.5 Å². The van der Waals surface area contributed by atoms with Crippen molar-refractivity contribution in [2.45, 2.75) is 32.0 Å². The van der Waals surface area contributed by atoms with E-state index in [1.165, 1.54) is 23.1 Å². The van der Waals surface area contributed by atoms with Crippen molar-refractivity contribution in [1.82, 2.24) is 25.1 Å². The van der Waals surface area contributed by atoms with Crippen LogP contribution in [0.5, 0.6) is 5.75 Å². The lowest BCUT2D eigenvalue weighted by Gasteiger charge is -2.19. The summed E-state index contributed by atoms with van der Waals surface area (Å²) in [5, 5.41) is 10.9. The summed E-state index contributed by atoms with van der Waals surface area (Å²) in [6, 6.07) is 9.58. The first-order valence-electron chi connectivity index (χ1n) is 10.1. The zero-order valence-electron chi connectivity index (χ0n) is 17.3. The SMILES string of the molecule is CCCN(Cc1nnc(-c2cccs2)o1)C(=O)CSc1nc2ccc(OCC)cc2[nH]1. The van der Waals surface area contributed by atoms with Crippen LogP contribution in [0.15, 0.2) is 45.3 Å². The van der Waals surface area contributed by atoms with Crippen LogP contribution in [0.4, 0.5) is 0 Å². The van der Waals surface area contributed by atoms with Crippen molar-refractivity contribution in [1.29, 1.82) is 0 Å². The zero-order chi connectivity index (χ0) is 21.6. The highest BCUT2D eigenvalue weighted by Crippen LogP contribution is 2.25. The molecule has 0 atom stereocenters. The van der Waals surface area contributed by atoms with Crippen LogP contribution in [0.3, 0.4) is 0 Å². The van der Waals surface area contributed by atoms with Gasteiger partial charge in [-0.2, -0.15) is 0 Å². The zero-order valence-corrected chi connectivity index (χ0v) is 19.0. The molecule has 0 aliphatic heterocycles. The van der Waals surface area contributed by atoms with Gasteiger partial charge >= 0.3 is 0 Å². The van der Waals surface area contributed by atoms with Crippen LogP contribution in [0.1, 0.15) is 26.2 Å². The fourth-order valence-electron chi connectivity index (χ4n) is 3.05. The molecule has 0 aliphatic carbocycles. The minimum atomic E-state index is -0.00168. The van der Waals surface area contributed by atoms with Gasteiger partial charge in [-0.1, -0.05) is 24.8 Å². The molecular formula is C21H23N5O3S2. The number of benzene rings is 1. The van der Waals surface area contributed by atoms with Gasteiger partial charge in [0.05, 0.1) is 34.8 Å². The number of aromatic nitrogens is 4. The minimum absolute atomic E-state index is 0.00168. The normalized spacial score (nSPS) is 11.2. The molecule has 1 amide bonds. The highest BCUT2D eigenvalue weighted by Gasteiger charge is 2.18. The number of ether oxygens (including phenoxy) is 1. The molecule has 3 heterocycles. The van der Waals surface area contributed by atoms with Crippen molar-refractivity contribution in [2.24, 2.45) is 0 Å². The summed E-state index contributed by atoms with van der Waals surface area (Å²) in [6.07, 6.45) is 0.840. The van der Waals surface area contributed by atoms with Gasteiger partial charge in [0.1, 0.15) is 5.75 Å². The quantitative estimate of drug-likeness (QED) is 0.348. The summed E-state index contributed by atoms with van der Waals surface area (Å²) in [4.78, 5) is 23.3. The number of fused-ring (bicyclic) bond motifs is 1. The van der Waals surface area contributed by atoms with E-state index in [9.17, 15) is 4.79 Å². The van der Waals surface area contributed by atoms with Gasteiger partial charge in [0, 0.05) is 12.6 Å². The molecule has 4 aromatic rings. The first-order valence-corrected chi connectivity index (χ1v) is 11.9. The molecule has 0 spiro atoms. The van der Waals surface area contributed by atoms with Gasteiger partial charge in [-0.15, -0.1) is 21.5 Å². The van der Waals surface area contributed by atoms with E-state index in [1.807, 2.05) is 49.6 Å². The Morgan fingerprint density at radius 3 is 2.97 bits per heavy atom. The fraction of sp³-hybridized carbons (Fsp3) is 0.333. The molecule has 0 aliphatic rings. The first-order chi connectivity index (χ1) is 15.2. The Labute approximate surface area is 188 Å². The number of hydrogen-bond acceptors (Lipinski definition) is 8. The number of nitrogens with one attached hydrogen (secondary N) is 1. The fourth-order valence-corrected chi connectivity index (χ4v) is 4.49. The maximum absolute atomic E-state index is 12.9. The van der Waals surface area contributed by atoms with Gasteiger partial charge in [-0.25, -0.2) is 4.98 Å². The molecule has 0 saturated heterocycles. The number of carbonyl (C=O) groups is 1. The summed E-state index contributed by atoms with van der Waals surface area (Å²) >= 11 is 2.92. The third kappa shape index (κ3) is 5.26. The van der Waals surface area contributed by atoms with E-state index in [2.05, 4.69) is 20.2 Å². The number of imidazole rings is 1. The molecule has 1 N–H and O–H groups in total. The molecule has 3 aromatic heterocycles. The van der Waals surface area contributed by atoms with E-state index in [4.69, 9.17) is 9.15 Å². The van der Waals surface area contributed by atoms with Crippen molar-refractivity contribution in [3.63, 3.8) is 0 Å². The molecule has 8 nitrogen and oxygen atoms in total. The minimum Gasteiger partial charge on any atom is -0.494 e. The number of amides is 1. The Kier molecular flexibility index (Phi) is 6.88. The number of H-pyrrole nitrogens is 1. The van der Waals surface area contributed by atoms with E-state index in [-0.39, 0.29) is 11.7 Å². The number of hydrogen-bond donors (Lipinski definition) is 1. The van der Waals surface area contributed by atoms with E-state index >= 15 is 0 Å². The molecule has 4 rings (SSSR count). The van der Waals surface area contributed by atoms with E-state index in [0.29, 0.717) is 36.6 Å². The van der Waals surface area contributed by atoms with E-state index in [1.54, 1.807) is 4.90 Å². The van der Waals surface area contributed by atoms with Gasteiger partial charge in [0.15, 0.2) is 5.16 Å². The monoisotopic (exact) mass is 457 g/mol. The standard InChI is InChI=1S/C21H23N5O3S2/c1-3-9-26(12-18-24-25-20(29-18)17-6-5-10-30-17)19(27)13-31-21-22-15-8-7-14(28-4-2)11-16(15)23-21/h5-8,10-11H,3-4,9,12-13H2,1-2H3,(H,22,23). The lowest BCUT2D eigenvalue weighted by Crippen LogP contribution is -2.32. The number of thioether (sulfide) groups is 1. The van der Waals surface area contributed by atoms with Crippen LogP contribution in [0.2, 0.25) is 0 Å². The topological polar surface area (TPSA) is 97.1 Å². The average Bonchev–Trinajstić information content (AvgIpc) is 3.51. The van der Waals surface area contributed by atoms with Gasteiger partial charge in [0.2, 0.25) is 11.8 Å². The predicted molar refractivity (Wildman–Crippen MR) is 121 cm³/mol. The molecule has 162 valence electrons. The van der Waals surface area contributed by atoms with Crippen LogP contribution < -0.4 is 4.74 Å². The molecule has 1 aromatic carbocycles. The third-order valence-corrected chi connectivity index (χ3v) is 6.16. The first kappa shape index (κ1) is 21.4. The lowest BCUT2D eigenvalue weighted by molar-refractivity contribution is -0.129. The maximum atomic E-state index is 12.9. The number of thiophene rings is 1. The van der Waals surface area contributed by atoms with Crippen LogP contribution in [0.25, 0.3) is 21.8 Å². The third-order valence-electron chi connectivity index (χ3n) is 4.45. The van der Waals surface area contributed by atoms with E-state index < -0.39 is 0 Å². The van der Waals surface area contributed by atoms with Gasteiger partial charge in [0.25, 0.3) is 5.89 Å². The number of aromatic amines is 1. The van der Waals surface area contributed by atoms with E-state index in [0.717, 1.165) is 28.1 Å². The molecule has 0 radical (unpaired) electrons. The van der Waals surface area contributed by atoms with Crippen molar-refractivity contribution in [2.75, 3.05) is 18.9 Å². The summed E-state index contributed by atoms with van der Waals surface area (Å²) in [7, 11) is 0. The van der Waals surface area contributed by atoms with Crippen molar-refractivity contribution < 1.29 is 13.9 Å². The smallest absolute Gasteiger partial charge is 0.257 e. The summed E-state index contributed by atoms with van der Waals surface area (Å²) in [5.74, 6) is 1.98. The number of nitrogens with zero attached hydrogens (tertiary/aromatic N) is 4. The van der Waals surface area contributed by atoms with Crippen molar-refractivity contribution >= 4 is 40.0 Å². The average molecular weight is 458 g/mol. The summed E-state index contributed by atoms with van der Waals surface area (Å²) in [5.41, 5.74) is 1.73. The molecular weight excluding hydrogens is 434 g/mol. The summed E-state index contributed by atoms with van der Waals surface area (Å²) in [6.45, 7) is 5.51. The molecule has 31 heavy (non-hydrogen) atoms. The molecule has 0 bridgehead atoms. The second-order valence-corrected chi connectivity index (χ2v) is 8.65. The highest BCUT2D eigenvalue weighted by molar-refractivity contribution is 7.99. The Morgan fingerprint density at radius 2 is 2.19 bits per heavy atom. The molecule has 0 fully saturated rings. The van der Waals surface area contributed by atoms with Crippen molar-refractivity contribution in [3.05, 3.63) is 41.6 Å². The van der Waals surface area contributed by atoms with Gasteiger partial charge in [-0.05, 0) is 36.9 Å². The Balaban J connectivity index is 1.39. The second kappa shape index (κ2) is 9.97. The van der Waals surface area contributed by atoms with Crippen LogP contribution >= 0.6 is 23.1 Å². The summed E-state index contributed by atoms with van der Waals surface area (Å²) < 4.78 is 11.3. The maximum Gasteiger partial charge on any atom is 0.257 e. The number of carbonyl (C=O) groups excluding carboxylic acids is 1. The van der Waals surface area contributed by atoms with Crippen LogP contribution in [0, 0.1) is 0 Å². The van der Waals surface area contributed by atoms with Gasteiger partial charge in [-0.3, -0.25) is 4.79 Å². The Hall–Kier alpha value is -2.85. The Bertz CT molecular complexity index is 1140. The van der Waals surface area contributed by atoms with Crippen LogP contribution in [-0.4, -0.2) is 49.9 Å². The molecule has 0 saturated carbocycles. The number of rotatable bonds is 10. The highest BCUT2D eigenvalue weighted by atomic mass is 32.2. The molecule has 0 unspecified atom stereocenters. The second-order valence-electron chi connectivity index (χ2n) is 6.74. The predicted octanol–water partition coefficient (Wildman–Crippen LogP) is 4.60. The van der Waals surface area contributed by atoms with Gasteiger partial charge < -0.3 is 19.0 Å². The lowest BCUT2D eigenvalue weighted by atomic mass is 10.3.